The Kier molecular flexibility index (Phi) is 5.24. The van der Waals surface area contributed by atoms with Gasteiger partial charge in [-0.1, -0.05) is 42.5 Å². The summed E-state index contributed by atoms with van der Waals surface area (Å²) in [7, 11) is 1.36. The number of methoxy groups -OCH3 is 1. The van der Waals surface area contributed by atoms with Gasteiger partial charge in [0.25, 0.3) is 0 Å². The van der Waals surface area contributed by atoms with Crippen molar-refractivity contribution in [1.29, 1.82) is 0 Å². The summed E-state index contributed by atoms with van der Waals surface area (Å²) in [6.07, 6.45) is 1.83. The molecule has 1 heterocycles. The summed E-state index contributed by atoms with van der Waals surface area (Å²) in [5.41, 5.74) is 9.81. The number of carbonyl (C=O) groups is 1. The highest BCUT2D eigenvalue weighted by molar-refractivity contribution is 5.91. The standard InChI is InChI=1S/C21H22N6O2/c1-29-18(28)17-9-5-4-8-15(17)12-23-20-25-19(22)26-21(27-20)24-16-10-13-6-2-3-7-14(13)11-16/h2-9,16H,10-12H2,1H3,(H4,22,23,24,25,26,27). The van der Waals surface area contributed by atoms with Gasteiger partial charge in [-0.2, -0.15) is 15.0 Å². The number of carbonyl (C=O) groups excluding carboxylic acids is 1. The van der Waals surface area contributed by atoms with Crippen molar-refractivity contribution in [3.05, 3.63) is 70.8 Å². The van der Waals surface area contributed by atoms with E-state index in [0.29, 0.717) is 24.0 Å². The molecule has 0 unspecified atom stereocenters. The van der Waals surface area contributed by atoms with Crippen LogP contribution >= 0.6 is 0 Å². The van der Waals surface area contributed by atoms with Crippen molar-refractivity contribution < 1.29 is 9.53 Å². The third-order valence-electron chi connectivity index (χ3n) is 4.90. The molecule has 29 heavy (non-hydrogen) atoms. The molecular formula is C21H22N6O2. The summed E-state index contributed by atoms with van der Waals surface area (Å²) in [6.45, 7) is 0.350. The molecule has 0 aliphatic heterocycles. The Bertz CT molecular complexity index is 1010. The van der Waals surface area contributed by atoms with Gasteiger partial charge >= 0.3 is 5.97 Å². The van der Waals surface area contributed by atoms with Crippen molar-refractivity contribution in [2.45, 2.75) is 25.4 Å². The second kappa shape index (κ2) is 8.14. The zero-order valence-electron chi connectivity index (χ0n) is 16.1. The summed E-state index contributed by atoms with van der Waals surface area (Å²) in [6, 6.07) is 15.8. The first-order chi connectivity index (χ1) is 14.1. The highest BCUT2D eigenvalue weighted by Gasteiger charge is 2.22. The molecule has 8 nitrogen and oxygen atoms in total. The van der Waals surface area contributed by atoms with Crippen molar-refractivity contribution >= 4 is 23.8 Å². The van der Waals surface area contributed by atoms with Gasteiger partial charge in [-0.3, -0.25) is 0 Å². The van der Waals surface area contributed by atoms with Gasteiger partial charge in [0, 0.05) is 12.6 Å². The van der Waals surface area contributed by atoms with Gasteiger partial charge in [-0.25, -0.2) is 4.79 Å². The van der Waals surface area contributed by atoms with Crippen LogP contribution in [0, 0.1) is 0 Å². The lowest BCUT2D eigenvalue weighted by molar-refractivity contribution is 0.0599. The highest BCUT2D eigenvalue weighted by Crippen LogP contribution is 2.24. The number of hydrogen-bond acceptors (Lipinski definition) is 8. The number of nitrogens with one attached hydrogen (secondary N) is 2. The lowest BCUT2D eigenvalue weighted by Gasteiger charge is -2.14. The van der Waals surface area contributed by atoms with Crippen LogP contribution in [0.4, 0.5) is 17.8 Å². The smallest absolute Gasteiger partial charge is 0.338 e. The molecule has 3 aromatic rings. The number of esters is 1. The highest BCUT2D eigenvalue weighted by atomic mass is 16.5. The zero-order chi connectivity index (χ0) is 20.2. The van der Waals surface area contributed by atoms with Crippen molar-refractivity contribution in [3.8, 4) is 0 Å². The van der Waals surface area contributed by atoms with E-state index >= 15 is 0 Å². The number of aromatic nitrogens is 3. The summed E-state index contributed by atoms with van der Waals surface area (Å²) in [5.74, 6) is 0.511. The molecule has 1 aliphatic rings. The van der Waals surface area contributed by atoms with Crippen LogP contribution in [0.5, 0.6) is 0 Å². The van der Waals surface area contributed by atoms with E-state index in [1.165, 1.54) is 18.2 Å². The molecule has 0 fully saturated rings. The molecule has 1 aliphatic carbocycles. The number of hydrogen-bond donors (Lipinski definition) is 3. The molecular weight excluding hydrogens is 368 g/mol. The van der Waals surface area contributed by atoms with Gasteiger partial charge in [0.05, 0.1) is 12.7 Å². The van der Waals surface area contributed by atoms with Crippen LogP contribution in [0.25, 0.3) is 0 Å². The van der Waals surface area contributed by atoms with Crippen LogP contribution in [-0.4, -0.2) is 34.1 Å². The van der Waals surface area contributed by atoms with E-state index in [4.69, 9.17) is 10.5 Å². The first-order valence-electron chi connectivity index (χ1n) is 9.37. The molecule has 0 bridgehead atoms. The molecule has 0 radical (unpaired) electrons. The molecule has 0 saturated heterocycles. The van der Waals surface area contributed by atoms with Crippen molar-refractivity contribution in [2.24, 2.45) is 0 Å². The minimum absolute atomic E-state index is 0.127. The lowest BCUT2D eigenvalue weighted by Crippen LogP contribution is -2.22. The fourth-order valence-electron chi connectivity index (χ4n) is 3.54. The van der Waals surface area contributed by atoms with E-state index in [1.54, 1.807) is 12.1 Å². The summed E-state index contributed by atoms with van der Waals surface area (Å²) in [5, 5.41) is 6.46. The Morgan fingerprint density at radius 1 is 1.03 bits per heavy atom. The quantitative estimate of drug-likeness (QED) is 0.550. The van der Waals surface area contributed by atoms with Crippen molar-refractivity contribution in [1.82, 2.24) is 15.0 Å². The van der Waals surface area contributed by atoms with Gasteiger partial charge < -0.3 is 21.1 Å². The van der Waals surface area contributed by atoms with Gasteiger partial charge in [0.2, 0.25) is 17.8 Å². The molecule has 4 N–H and O–H groups in total. The minimum Gasteiger partial charge on any atom is -0.465 e. The average molecular weight is 390 g/mol. The summed E-state index contributed by atoms with van der Waals surface area (Å²) < 4.78 is 4.83. The number of nitrogens with zero attached hydrogens (tertiary/aromatic N) is 3. The summed E-state index contributed by atoms with van der Waals surface area (Å²) in [4.78, 5) is 24.7. The Hall–Kier alpha value is -3.68. The van der Waals surface area contributed by atoms with E-state index in [-0.39, 0.29) is 18.0 Å². The van der Waals surface area contributed by atoms with Gasteiger partial charge in [-0.15, -0.1) is 0 Å². The fourth-order valence-corrected chi connectivity index (χ4v) is 3.54. The Morgan fingerprint density at radius 3 is 2.41 bits per heavy atom. The van der Waals surface area contributed by atoms with Crippen LogP contribution in [0.3, 0.4) is 0 Å². The molecule has 0 atom stereocenters. The third kappa shape index (κ3) is 4.26. The van der Waals surface area contributed by atoms with Gasteiger partial charge in [0.1, 0.15) is 0 Å². The SMILES string of the molecule is COC(=O)c1ccccc1CNc1nc(N)nc(NC2Cc3ccccc3C2)n1. The van der Waals surface area contributed by atoms with Crippen LogP contribution in [-0.2, 0) is 24.1 Å². The molecule has 148 valence electrons. The van der Waals surface area contributed by atoms with E-state index in [0.717, 1.165) is 18.4 Å². The number of nitrogens with two attached hydrogens (primary N) is 1. The second-order valence-corrected chi connectivity index (χ2v) is 6.86. The fraction of sp³-hybridized carbons (Fsp3) is 0.238. The third-order valence-corrected chi connectivity index (χ3v) is 4.90. The molecule has 0 spiro atoms. The van der Waals surface area contributed by atoms with E-state index in [2.05, 4.69) is 49.9 Å². The maximum atomic E-state index is 11.9. The molecule has 0 saturated carbocycles. The number of anilines is 3. The average Bonchev–Trinajstić information content (AvgIpc) is 3.13. The number of nitrogen functional groups attached to an aromatic ring is 1. The maximum absolute atomic E-state index is 11.9. The van der Waals surface area contributed by atoms with E-state index < -0.39 is 0 Å². The monoisotopic (exact) mass is 390 g/mol. The number of benzene rings is 2. The van der Waals surface area contributed by atoms with Crippen molar-refractivity contribution in [2.75, 3.05) is 23.5 Å². The van der Waals surface area contributed by atoms with Crippen molar-refractivity contribution in [3.63, 3.8) is 0 Å². The zero-order valence-corrected chi connectivity index (χ0v) is 16.1. The number of rotatable bonds is 6. The van der Waals surface area contributed by atoms with Gasteiger partial charge in [0.15, 0.2) is 0 Å². The Labute approximate surface area is 168 Å². The molecule has 2 aromatic carbocycles. The molecule has 0 amide bonds. The van der Waals surface area contributed by atoms with Crippen LogP contribution in [0.1, 0.15) is 27.0 Å². The first kappa shape index (κ1) is 18.7. The molecule has 4 rings (SSSR count). The minimum atomic E-state index is -0.388. The van der Waals surface area contributed by atoms with Crippen LogP contribution in [0.15, 0.2) is 48.5 Å². The predicted octanol–water partition coefficient (Wildman–Crippen LogP) is 2.43. The Balaban J connectivity index is 1.45. The predicted molar refractivity (Wildman–Crippen MR) is 111 cm³/mol. The maximum Gasteiger partial charge on any atom is 0.338 e. The molecule has 1 aromatic heterocycles. The molecule has 8 heteroatoms. The Morgan fingerprint density at radius 2 is 1.69 bits per heavy atom. The van der Waals surface area contributed by atoms with E-state index in [9.17, 15) is 4.79 Å². The lowest BCUT2D eigenvalue weighted by atomic mass is 10.1. The normalized spacial score (nSPS) is 13.0. The largest absolute Gasteiger partial charge is 0.465 e. The second-order valence-electron chi connectivity index (χ2n) is 6.86. The topological polar surface area (TPSA) is 115 Å². The van der Waals surface area contributed by atoms with Crippen LogP contribution in [0.2, 0.25) is 0 Å². The first-order valence-corrected chi connectivity index (χ1v) is 9.37. The van der Waals surface area contributed by atoms with Gasteiger partial charge in [-0.05, 0) is 35.6 Å². The van der Waals surface area contributed by atoms with E-state index in [1.807, 2.05) is 12.1 Å². The number of ether oxygens (including phenoxy) is 1. The number of fused-ring (bicyclic) bond motifs is 1. The van der Waals surface area contributed by atoms with Crippen LogP contribution < -0.4 is 16.4 Å². The summed E-state index contributed by atoms with van der Waals surface area (Å²) >= 11 is 0.